The zero-order valence-corrected chi connectivity index (χ0v) is 12.9. The summed E-state index contributed by atoms with van der Waals surface area (Å²) in [5, 5.41) is 0.276. The molecule has 0 unspecified atom stereocenters. The number of fused-ring (bicyclic) bond motifs is 1. The Bertz CT molecular complexity index is 836. The number of nitrogens with zero attached hydrogens (tertiary/aromatic N) is 3. The summed E-state index contributed by atoms with van der Waals surface area (Å²) in [6.07, 6.45) is -3.36. The standard InChI is InChI=1S/C14H11ClF4N4O/c15-8-3-7(11(16)20-4-8)5-23-2-1-10-9(6-23)12(24)22-13(21-10)14(17,18)19/h3-4H,1-2,5-6H2,(H,21,22,24). The van der Waals surface area contributed by atoms with Crippen LogP contribution in [0, 0.1) is 5.95 Å². The number of H-pyrrole nitrogens is 1. The van der Waals surface area contributed by atoms with Gasteiger partial charge in [-0.25, -0.2) is 9.97 Å². The largest absolute Gasteiger partial charge is 0.449 e. The second kappa shape index (κ2) is 6.14. The van der Waals surface area contributed by atoms with E-state index in [0.717, 1.165) is 0 Å². The number of aromatic nitrogens is 3. The molecule has 0 atom stereocenters. The van der Waals surface area contributed by atoms with Crippen LogP contribution in [0.25, 0.3) is 0 Å². The highest BCUT2D eigenvalue weighted by atomic mass is 35.5. The molecule has 0 saturated carbocycles. The number of hydrogen-bond acceptors (Lipinski definition) is 4. The van der Waals surface area contributed by atoms with Crippen molar-refractivity contribution in [2.75, 3.05) is 6.54 Å². The summed E-state index contributed by atoms with van der Waals surface area (Å²) < 4.78 is 51.7. The van der Waals surface area contributed by atoms with E-state index in [1.165, 1.54) is 12.3 Å². The normalized spacial score (nSPS) is 15.4. The van der Waals surface area contributed by atoms with Gasteiger partial charge in [-0.2, -0.15) is 17.6 Å². The smallest absolute Gasteiger partial charge is 0.303 e. The maximum absolute atomic E-state index is 13.7. The van der Waals surface area contributed by atoms with Crippen LogP contribution in [0.3, 0.4) is 0 Å². The topological polar surface area (TPSA) is 61.9 Å². The number of aromatic amines is 1. The number of pyridine rings is 1. The highest BCUT2D eigenvalue weighted by molar-refractivity contribution is 6.30. The van der Waals surface area contributed by atoms with Gasteiger partial charge in [-0.1, -0.05) is 11.6 Å². The van der Waals surface area contributed by atoms with Gasteiger partial charge in [-0.15, -0.1) is 0 Å². The third kappa shape index (κ3) is 3.41. The first-order valence-corrected chi connectivity index (χ1v) is 7.33. The summed E-state index contributed by atoms with van der Waals surface area (Å²) in [7, 11) is 0. The average Bonchev–Trinajstić information content (AvgIpc) is 2.50. The van der Waals surface area contributed by atoms with Crippen LogP contribution >= 0.6 is 11.6 Å². The molecule has 3 heterocycles. The maximum Gasteiger partial charge on any atom is 0.449 e. The first-order chi connectivity index (χ1) is 11.2. The molecule has 3 rings (SSSR count). The van der Waals surface area contributed by atoms with Crippen molar-refractivity contribution in [3.8, 4) is 0 Å². The molecule has 0 spiro atoms. The average molecular weight is 363 g/mol. The van der Waals surface area contributed by atoms with Crippen LogP contribution < -0.4 is 5.56 Å². The molecule has 0 amide bonds. The molecule has 0 radical (unpaired) electrons. The van der Waals surface area contributed by atoms with Gasteiger partial charge in [0.1, 0.15) is 0 Å². The van der Waals surface area contributed by atoms with Crippen molar-refractivity contribution >= 4 is 11.6 Å². The summed E-state index contributed by atoms with van der Waals surface area (Å²) in [4.78, 5) is 22.4. The third-order valence-electron chi connectivity index (χ3n) is 3.69. The summed E-state index contributed by atoms with van der Waals surface area (Å²) in [5.74, 6) is -1.98. The van der Waals surface area contributed by atoms with Crippen LogP contribution in [0.5, 0.6) is 0 Å². The molecule has 24 heavy (non-hydrogen) atoms. The van der Waals surface area contributed by atoms with E-state index in [4.69, 9.17) is 11.6 Å². The lowest BCUT2D eigenvalue weighted by Crippen LogP contribution is -2.36. The van der Waals surface area contributed by atoms with Gasteiger partial charge in [-0.05, 0) is 6.07 Å². The Morgan fingerprint density at radius 2 is 2.12 bits per heavy atom. The van der Waals surface area contributed by atoms with Crippen LogP contribution in [0.4, 0.5) is 17.6 Å². The van der Waals surface area contributed by atoms with E-state index in [0.29, 0.717) is 6.54 Å². The molecule has 1 aliphatic heterocycles. The Morgan fingerprint density at radius 1 is 1.38 bits per heavy atom. The Hall–Kier alpha value is -2.00. The van der Waals surface area contributed by atoms with Gasteiger partial charge < -0.3 is 4.98 Å². The minimum Gasteiger partial charge on any atom is -0.303 e. The zero-order valence-electron chi connectivity index (χ0n) is 12.1. The molecule has 5 nitrogen and oxygen atoms in total. The van der Waals surface area contributed by atoms with Crippen molar-refractivity contribution in [2.24, 2.45) is 0 Å². The molecular weight excluding hydrogens is 352 g/mol. The maximum atomic E-state index is 13.7. The second-order valence-corrected chi connectivity index (χ2v) is 5.84. The predicted molar refractivity (Wildman–Crippen MR) is 76.9 cm³/mol. The van der Waals surface area contributed by atoms with Gasteiger partial charge in [0.2, 0.25) is 11.8 Å². The highest BCUT2D eigenvalue weighted by Gasteiger charge is 2.36. The quantitative estimate of drug-likeness (QED) is 0.659. The Morgan fingerprint density at radius 3 is 2.83 bits per heavy atom. The van der Waals surface area contributed by atoms with Crippen LogP contribution in [-0.4, -0.2) is 26.4 Å². The van der Waals surface area contributed by atoms with Crippen LogP contribution in [0.15, 0.2) is 17.1 Å². The molecule has 0 bridgehead atoms. The Labute approximate surface area is 138 Å². The van der Waals surface area contributed by atoms with E-state index in [1.807, 2.05) is 0 Å². The van der Waals surface area contributed by atoms with Crippen molar-refractivity contribution in [1.82, 2.24) is 19.9 Å². The van der Waals surface area contributed by atoms with Crippen LogP contribution in [0.1, 0.15) is 22.6 Å². The summed E-state index contributed by atoms with van der Waals surface area (Å²) in [5.41, 5.74) is -0.305. The number of alkyl halides is 3. The number of halogens is 5. The molecule has 128 valence electrons. The van der Waals surface area contributed by atoms with E-state index >= 15 is 0 Å². The van der Waals surface area contributed by atoms with Gasteiger partial charge in [0.25, 0.3) is 5.56 Å². The van der Waals surface area contributed by atoms with Gasteiger partial charge in [0, 0.05) is 37.8 Å². The molecule has 0 aromatic carbocycles. The zero-order chi connectivity index (χ0) is 17.5. The van der Waals surface area contributed by atoms with E-state index in [2.05, 4.69) is 9.97 Å². The molecule has 0 saturated heterocycles. The van der Waals surface area contributed by atoms with E-state index in [9.17, 15) is 22.4 Å². The summed E-state index contributed by atoms with van der Waals surface area (Å²) in [6, 6.07) is 1.43. The molecule has 2 aromatic rings. The lowest BCUT2D eigenvalue weighted by Gasteiger charge is -2.27. The van der Waals surface area contributed by atoms with Crippen molar-refractivity contribution in [1.29, 1.82) is 0 Å². The SMILES string of the molecule is O=c1[nH]c(C(F)(F)F)nc2c1CN(Cc1cc(Cl)cnc1F)CC2. The lowest BCUT2D eigenvalue weighted by molar-refractivity contribution is -0.145. The first-order valence-electron chi connectivity index (χ1n) is 6.95. The van der Waals surface area contributed by atoms with Gasteiger partial charge in [0.15, 0.2) is 0 Å². The van der Waals surface area contributed by atoms with E-state index in [-0.39, 0.29) is 41.4 Å². The van der Waals surface area contributed by atoms with E-state index < -0.39 is 23.5 Å². The van der Waals surface area contributed by atoms with Crippen LogP contribution in [-0.2, 0) is 25.7 Å². The highest BCUT2D eigenvalue weighted by Crippen LogP contribution is 2.27. The molecule has 2 aromatic heterocycles. The predicted octanol–water partition coefficient (Wildman–Crippen LogP) is 2.53. The molecule has 10 heteroatoms. The molecule has 0 fully saturated rings. The first kappa shape index (κ1) is 16.8. The molecule has 1 aliphatic rings. The minimum absolute atomic E-state index is 0.0712. The fourth-order valence-electron chi connectivity index (χ4n) is 2.57. The van der Waals surface area contributed by atoms with Crippen molar-refractivity contribution in [3.63, 3.8) is 0 Å². The summed E-state index contributed by atoms with van der Waals surface area (Å²) in [6.45, 7) is 0.549. The number of hydrogen-bond donors (Lipinski definition) is 1. The lowest BCUT2D eigenvalue weighted by atomic mass is 10.1. The fraction of sp³-hybridized carbons (Fsp3) is 0.357. The minimum atomic E-state index is -4.71. The van der Waals surface area contributed by atoms with Gasteiger partial charge >= 0.3 is 6.18 Å². The second-order valence-electron chi connectivity index (χ2n) is 5.40. The van der Waals surface area contributed by atoms with Gasteiger partial charge in [0.05, 0.1) is 16.3 Å². The fourth-order valence-corrected chi connectivity index (χ4v) is 2.75. The third-order valence-corrected chi connectivity index (χ3v) is 3.90. The molecule has 1 N–H and O–H groups in total. The molecule has 0 aliphatic carbocycles. The number of nitrogens with one attached hydrogen (secondary N) is 1. The van der Waals surface area contributed by atoms with E-state index in [1.54, 1.807) is 9.88 Å². The van der Waals surface area contributed by atoms with Crippen LogP contribution in [0.2, 0.25) is 5.02 Å². The molecular formula is C14H11ClF4N4O. The monoisotopic (exact) mass is 362 g/mol. The Balaban J connectivity index is 1.85. The van der Waals surface area contributed by atoms with Crippen molar-refractivity contribution < 1.29 is 17.6 Å². The summed E-state index contributed by atoms with van der Waals surface area (Å²) >= 11 is 5.78. The Kier molecular flexibility index (Phi) is 4.31. The van der Waals surface area contributed by atoms with Gasteiger partial charge in [-0.3, -0.25) is 9.69 Å². The van der Waals surface area contributed by atoms with Crippen molar-refractivity contribution in [2.45, 2.75) is 25.7 Å². The number of rotatable bonds is 2. The van der Waals surface area contributed by atoms with Crippen molar-refractivity contribution in [3.05, 3.63) is 56.2 Å².